The lowest BCUT2D eigenvalue weighted by Crippen LogP contribution is -1.89. The van der Waals surface area contributed by atoms with E-state index in [2.05, 4.69) is 9.97 Å². The van der Waals surface area contributed by atoms with E-state index in [1.165, 1.54) is 18.3 Å². The number of nitrogens with zero attached hydrogens (tertiary/aromatic N) is 2. The minimum atomic E-state index is -0.304. The first-order valence-electron chi connectivity index (χ1n) is 3.75. The van der Waals surface area contributed by atoms with Crippen molar-refractivity contribution in [1.82, 2.24) is 9.97 Å². The van der Waals surface area contributed by atoms with Crippen LogP contribution < -0.4 is 0 Å². The van der Waals surface area contributed by atoms with E-state index in [1.54, 1.807) is 6.92 Å². The fourth-order valence-electron chi connectivity index (χ4n) is 1.22. The van der Waals surface area contributed by atoms with Crippen LogP contribution in [0.15, 0.2) is 18.3 Å². The van der Waals surface area contributed by atoms with Crippen LogP contribution in [-0.2, 0) is 0 Å². The van der Waals surface area contributed by atoms with E-state index in [0.717, 1.165) is 5.56 Å². The predicted molar refractivity (Wildman–Crippen MR) is 49.2 cm³/mol. The summed E-state index contributed by atoms with van der Waals surface area (Å²) < 4.78 is 12.9. The molecule has 1 heterocycles. The first-order valence-corrected chi connectivity index (χ1v) is 4.13. The van der Waals surface area contributed by atoms with Gasteiger partial charge in [0.1, 0.15) is 11.0 Å². The molecule has 0 aliphatic rings. The van der Waals surface area contributed by atoms with Crippen LogP contribution in [0, 0.1) is 12.7 Å². The molecule has 2 rings (SSSR count). The summed E-state index contributed by atoms with van der Waals surface area (Å²) >= 11 is 5.66. The van der Waals surface area contributed by atoms with Gasteiger partial charge in [0.05, 0.1) is 17.2 Å². The van der Waals surface area contributed by atoms with Gasteiger partial charge in [-0.3, -0.25) is 4.98 Å². The van der Waals surface area contributed by atoms with Crippen molar-refractivity contribution in [3.05, 3.63) is 34.9 Å². The van der Waals surface area contributed by atoms with Gasteiger partial charge in [0.25, 0.3) is 0 Å². The molecule has 0 bridgehead atoms. The first-order chi connectivity index (χ1) is 6.16. The summed E-state index contributed by atoms with van der Waals surface area (Å²) in [5.74, 6) is -0.304. The van der Waals surface area contributed by atoms with Crippen LogP contribution in [0.1, 0.15) is 5.56 Å². The fourth-order valence-corrected chi connectivity index (χ4v) is 1.35. The molecule has 2 nitrogen and oxygen atoms in total. The number of hydrogen-bond donors (Lipinski definition) is 0. The average Bonchev–Trinajstić information content (AvgIpc) is 2.06. The van der Waals surface area contributed by atoms with Gasteiger partial charge in [0.2, 0.25) is 0 Å². The van der Waals surface area contributed by atoms with Gasteiger partial charge in [0.15, 0.2) is 0 Å². The lowest BCUT2D eigenvalue weighted by atomic mass is 10.2. The second-order valence-corrected chi connectivity index (χ2v) is 3.17. The zero-order chi connectivity index (χ0) is 9.42. The summed E-state index contributed by atoms with van der Waals surface area (Å²) in [5.41, 5.74) is 1.92. The van der Waals surface area contributed by atoms with Crippen LogP contribution in [0.2, 0.25) is 5.15 Å². The molecule has 0 spiro atoms. The molecule has 0 aliphatic heterocycles. The van der Waals surface area contributed by atoms with Crippen LogP contribution >= 0.6 is 11.6 Å². The highest BCUT2D eigenvalue weighted by Gasteiger charge is 2.03. The standard InChI is InChI=1S/C9H6ClFN2/c1-5-2-6(11)3-7-9(5)13-8(10)4-12-7/h2-4H,1H3. The van der Waals surface area contributed by atoms with Crippen LogP contribution in [0.25, 0.3) is 11.0 Å². The Balaban J connectivity index is 2.87. The minimum Gasteiger partial charge on any atom is -0.251 e. The number of fused-ring (bicyclic) bond motifs is 1. The molecular formula is C9H6ClFN2. The Labute approximate surface area is 79.4 Å². The third-order valence-corrected chi connectivity index (χ3v) is 1.96. The van der Waals surface area contributed by atoms with Gasteiger partial charge in [0, 0.05) is 6.07 Å². The average molecular weight is 197 g/mol. The number of hydrogen-bond acceptors (Lipinski definition) is 2. The minimum absolute atomic E-state index is 0.304. The third kappa shape index (κ3) is 1.47. The van der Waals surface area contributed by atoms with E-state index in [-0.39, 0.29) is 5.82 Å². The summed E-state index contributed by atoms with van der Waals surface area (Å²) in [5, 5.41) is 0.321. The molecule has 0 atom stereocenters. The number of aryl methyl sites for hydroxylation is 1. The van der Waals surface area contributed by atoms with E-state index < -0.39 is 0 Å². The smallest absolute Gasteiger partial charge is 0.148 e. The number of halogens is 2. The van der Waals surface area contributed by atoms with Crippen molar-refractivity contribution in [2.75, 3.05) is 0 Å². The van der Waals surface area contributed by atoms with Crippen LogP contribution in [0.4, 0.5) is 4.39 Å². The molecule has 1 aromatic heterocycles. The van der Waals surface area contributed by atoms with Crippen molar-refractivity contribution in [1.29, 1.82) is 0 Å². The van der Waals surface area contributed by atoms with Crippen molar-refractivity contribution in [3.63, 3.8) is 0 Å². The molecule has 2 aromatic rings. The Morgan fingerprint density at radius 2 is 2.15 bits per heavy atom. The topological polar surface area (TPSA) is 25.8 Å². The van der Waals surface area contributed by atoms with Crippen molar-refractivity contribution >= 4 is 22.6 Å². The molecule has 0 amide bonds. The zero-order valence-electron chi connectivity index (χ0n) is 6.88. The highest BCUT2D eigenvalue weighted by atomic mass is 35.5. The molecule has 0 unspecified atom stereocenters. The molecule has 0 N–H and O–H groups in total. The largest absolute Gasteiger partial charge is 0.251 e. The molecular weight excluding hydrogens is 191 g/mol. The molecule has 0 saturated carbocycles. The number of benzene rings is 1. The maximum atomic E-state index is 12.9. The second-order valence-electron chi connectivity index (χ2n) is 2.78. The van der Waals surface area contributed by atoms with Crippen LogP contribution in [0.5, 0.6) is 0 Å². The summed E-state index contributed by atoms with van der Waals surface area (Å²) in [4.78, 5) is 8.02. The molecule has 66 valence electrons. The maximum Gasteiger partial charge on any atom is 0.148 e. The summed E-state index contributed by atoms with van der Waals surface area (Å²) in [6, 6.07) is 2.75. The molecule has 0 aliphatic carbocycles. The second kappa shape index (κ2) is 2.92. The lowest BCUT2D eigenvalue weighted by Gasteiger charge is -2.00. The van der Waals surface area contributed by atoms with Gasteiger partial charge in [-0.2, -0.15) is 0 Å². The molecule has 0 fully saturated rings. The molecule has 0 saturated heterocycles. The van der Waals surface area contributed by atoms with E-state index in [0.29, 0.717) is 16.2 Å². The van der Waals surface area contributed by atoms with Crippen LogP contribution in [-0.4, -0.2) is 9.97 Å². The van der Waals surface area contributed by atoms with E-state index in [9.17, 15) is 4.39 Å². The van der Waals surface area contributed by atoms with Gasteiger partial charge in [-0.25, -0.2) is 9.37 Å². The molecule has 1 aromatic carbocycles. The summed E-state index contributed by atoms with van der Waals surface area (Å²) in [6.45, 7) is 1.77. The van der Waals surface area contributed by atoms with E-state index in [1.807, 2.05) is 0 Å². The van der Waals surface area contributed by atoms with E-state index in [4.69, 9.17) is 11.6 Å². The monoisotopic (exact) mass is 196 g/mol. The Bertz CT molecular complexity index is 470. The van der Waals surface area contributed by atoms with Gasteiger partial charge in [-0.1, -0.05) is 11.6 Å². The Morgan fingerprint density at radius 1 is 1.38 bits per heavy atom. The lowest BCUT2D eigenvalue weighted by molar-refractivity contribution is 0.628. The SMILES string of the molecule is Cc1cc(F)cc2ncc(Cl)nc12. The summed E-state index contributed by atoms with van der Waals surface area (Å²) in [6.07, 6.45) is 1.41. The quantitative estimate of drug-likeness (QED) is 0.648. The van der Waals surface area contributed by atoms with Gasteiger partial charge < -0.3 is 0 Å². The predicted octanol–water partition coefficient (Wildman–Crippen LogP) is 2.73. The van der Waals surface area contributed by atoms with Crippen molar-refractivity contribution < 1.29 is 4.39 Å². The summed E-state index contributed by atoms with van der Waals surface area (Å²) in [7, 11) is 0. The van der Waals surface area contributed by atoms with E-state index >= 15 is 0 Å². The molecule has 0 radical (unpaired) electrons. The third-order valence-electron chi connectivity index (χ3n) is 1.77. The van der Waals surface area contributed by atoms with Crippen molar-refractivity contribution in [3.8, 4) is 0 Å². The van der Waals surface area contributed by atoms with Gasteiger partial charge in [-0.05, 0) is 18.6 Å². The maximum absolute atomic E-state index is 12.9. The Morgan fingerprint density at radius 3 is 2.92 bits per heavy atom. The van der Waals surface area contributed by atoms with Crippen LogP contribution in [0.3, 0.4) is 0 Å². The highest BCUT2D eigenvalue weighted by molar-refractivity contribution is 6.29. The fraction of sp³-hybridized carbons (Fsp3) is 0.111. The normalized spacial score (nSPS) is 10.7. The Hall–Kier alpha value is -1.22. The van der Waals surface area contributed by atoms with Crippen molar-refractivity contribution in [2.24, 2.45) is 0 Å². The van der Waals surface area contributed by atoms with Gasteiger partial charge in [-0.15, -0.1) is 0 Å². The number of aromatic nitrogens is 2. The zero-order valence-corrected chi connectivity index (χ0v) is 7.64. The van der Waals surface area contributed by atoms with Gasteiger partial charge >= 0.3 is 0 Å². The Kier molecular flexibility index (Phi) is 1.88. The highest BCUT2D eigenvalue weighted by Crippen LogP contribution is 2.17. The molecule has 13 heavy (non-hydrogen) atoms. The number of rotatable bonds is 0. The van der Waals surface area contributed by atoms with Crippen molar-refractivity contribution in [2.45, 2.75) is 6.92 Å². The first kappa shape index (κ1) is 8.38. The molecule has 4 heteroatoms.